The third-order valence-electron chi connectivity index (χ3n) is 2.62. The van der Waals surface area contributed by atoms with E-state index in [2.05, 4.69) is 15.8 Å². The topological polar surface area (TPSA) is 54.0 Å². The lowest BCUT2D eigenvalue weighted by atomic mass is 10.2. The quantitative estimate of drug-likeness (QED) is 0.589. The Balaban J connectivity index is 2.18. The average molecular weight is 385 g/mol. The number of nitrogens with zero attached hydrogens (tertiary/aromatic N) is 1. The van der Waals surface area contributed by atoms with Crippen LogP contribution < -0.4 is 10.9 Å². The number of amides is 1. The van der Waals surface area contributed by atoms with E-state index in [9.17, 15) is 18.0 Å². The number of hydrazine groups is 1. The van der Waals surface area contributed by atoms with E-state index in [0.29, 0.717) is 12.1 Å². The number of hydrogen-bond acceptors (Lipinski definition) is 3. The molecule has 0 saturated carbocycles. The van der Waals surface area contributed by atoms with Gasteiger partial charge in [0.1, 0.15) is 11.0 Å². The number of carbonyl (C=O) groups excluding carboxylic acids is 1. The summed E-state index contributed by atoms with van der Waals surface area (Å²) >= 11 is 17.2. The van der Waals surface area contributed by atoms with E-state index in [-0.39, 0.29) is 26.6 Å². The van der Waals surface area contributed by atoms with Crippen LogP contribution in [0.25, 0.3) is 0 Å². The first-order chi connectivity index (χ1) is 10.7. The van der Waals surface area contributed by atoms with Crippen molar-refractivity contribution >= 4 is 46.5 Å². The van der Waals surface area contributed by atoms with Gasteiger partial charge in [0.2, 0.25) is 0 Å². The lowest BCUT2D eigenvalue weighted by Gasteiger charge is -2.12. The molecule has 1 aromatic carbocycles. The minimum atomic E-state index is -4.60. The highest BCUT2D eigenvalue weighted by molar-refractivity contribution is 6.39. The number of alkyl halides is 3. The normalized spacial score (nSPS) is 11.2. The summed E-state index contributed by atoms with van der Waals surface area (Å²) in [6.45, 7) is 0. The van der Waals surface area contributed by atoms with Crippen LogP contribution in [0.2, 0.25) is 15.2 Å². The van der Waals surface area contributed by atoms with Gasteiger partial charge in [-0.25, -0.2) is 4.98 Å². The maximum absolute atomic E-state index is 12.7. The molecule has 0 aliphatic heterocycles. The van der Waals surface area contributed by atoms with E-state index in [4.69, 9.17) is 34.8 Å². The van der Waals surface area contributed by atoms with Crippen LogP contribution in [0, 0.1) is 0 Å². The summed E-state index contributed by atoms with van der Waals surface area (Å²) in [4.78, 5) is 15.6. The molecule has 0 saturated heterocycles. The fourth-order valence-electron chi connectivity index (χ4n) is 1.62. The second kappa shape index (κ2) is 6.82. The first-order valence-electron chi connectivity index (χ1n) is 5.93. The maximum atomic E-state index is 12.7. The average Bonchev–Trinajstić information content (AvgIpc) is 2.43. The van der Waals surface area contributed by atoms with Crippen LogP contribution in [0.1, 0.15) is 15.9 Å². The van der Waals surface area contributed by atoms with Crippen LogP contribution >= 0.6 is 34.8 Å². The number of pyridine rings is 1. The number of aromatic nitrogens is 1. The van der Waals surface area contributed by atoms with Crippen molar-refractivity contribution in [2.24, 2.45) is 0 Å². The van der Waals surface area contributed by atoms with Crippen LogP contribution in [0.15, 0.2) is 30.3 Å². The number of anilines is 1. The molecule has 1 amide bonds. The molecule has 0 radical (unpaired) electrons. The van der Waals surface area contributed by atoms with Gasteiger partial charge in [0.15, 0.2) is 0 Å². The Morgan fingerprint density at radius 2 is 1.70 bits per heavy atom. The van der Waals surface area contributed by atoms with Gasteiger partial charge >= 0.3 is 6.18 Å². The van der Waals surface area contributed by atoms with Gasteiger partial charge in [0.05, 0.1) is 21.2 Å². The van der Waals surface area contributed by atoms with Gasteiger partial charge < -0.3 is 0 Å². The summed E-state index contributed by atoms with van der Waals surface area (Å²) in [5, 5.41) is -0.203. The second-order valence-electron chi connectivity index (χ2n) is 4.24. The van der Waals surface area contributed by atoms with Crippen molar-refractivity contribution in [3.05, 3.63) is 56.7 Å². The Morgan fingerprint density at radius 1 is 1.09 bits per heavy atom. The Labute approximate surface area is 143 Å². The highest BCUT2D eigenvalue weighted by Gasteiger charge is 2.31. The fraction of sp³-hybridized carbons (Fsp3) is 0.0769. The van der Waals surface area contributed by atoms with Crippen LogP contribution in [-0.2, 0) is 6.18 Å². The molecule has 1 heterocycles. The Kier molecular flexibility index (Phi) is 5.23. The van der Waals surface area contributed by atoms with Crippen molar-refractivity contribution in [2.45, 2.75) is 6.18 Å². The monoisotopic (exact) mass is 383 g/mol. The Morgan fingerprint density at radius 3 is 2.26 bits per heavy atom. The highest BCUT2D eigenvalue weighted by atomic mass is 35.5. The number of nitrogens with one attached hydrogen (secondary N) is 2. The summed E-state index contributed by atoms with van der Waals surface area (Å²) in [5.74, 6) is -1.03. The van der Waals surface area contributed by atoms with E-state index in [1.807, 2.05) is 0 Å². The fourth-order valence-corrected chi connectivity index (χ4v) is 2.40. The third-order valence-corrected chi connectivity index (χ3v) is 3.44. The van der Waals surface area contributed by atoms with Crippen LogP contribution in [0.3, 0.4) is 0 Å². The zero-order valence-electron chi connectivity index (χ0n) is 11.0. The smallest absolute Gasteiger partial charge is 0.282 e. The Hall–Kier alpha value is -1.70. The first kappa shape index (κ1) is 17.7. The van der Waals surface area contributed by atoms with Crippen molar-refractivity contribution in [1.82, 2.24) is 10.4 Å². The van der Waals surface area contributed by atoms with Gasteiger partial charge in [0.25, 0.3) is 5.91 Å². The molecule has 2 N–H and O–H groups in total. The van der Waals surface area contributed by atoms with Crippen LogP contribution in [-0.4, -0.2) is 10.9 Å². The van der Waals surface area contributed by atoms with E-state index in [0.717, 1.165) is 0 Å². The molecule has 122 valence electrons. The Bertz CT molecular complexity index is 733. The van der Waals surface area contributed by atoms with Gasteiger partial charge in [-0.15, -0.1) is 0 Å². The van der Waals surface area contributed by atoms with Crippen molar-refractivity contribution in [3.63, 3.8) is 0 Å². The van der Waals surface area contributed by atoms with Gasteiger partial charge in [0, 0.05) is 0 Å². The third kappa shape index (κ3) is 4.40. The molecule has 4 nitrogen and oxygen atoms in total. The van der Waals surface area contributed by atoms with E-state index in [1.54, 1.807) is 6.07 Å². The standard InChI is InChI=1S/C13H7Cl3F3N3O/c14-7-2-1-3-8(15)11(7)12(23)22-21-10-5-6(13(17,18)19)4-9(16)20-10/h1-5H,(H,20,21)(H,22,23). The summed E-state index contributed by atoms with van der Waals surface area (Å²) in [5.41, 5.74) is 3.36. The number of carbonyl (C=O) groups is 1. The number of halogens is 6. The van der Waals surface area contributed by atoms with E-state index < -0.39 is 17.6 Å². The molecule has 23 heavy (non-hydrogen) atoms. The van der Waals surface area contributed by atoms with Crippen molar-refractivity contribution in [3.8, 4) is 0 Å². The minimum absolute atomic E-state index is 0.0265. The number of rotatable bonds is 3. The number of hydrogen-bond donors (Lipinski definition) is 2. The molecule has 1 aromatic heterocycles. The summed E-state index contributed by atoms with van der Waals surface area (Å²) in [6, 6.07) is 5.80. The summed E-state index contributed by atoms with van der Waals surface area (Å²) in [6.07, 6.45) is -4.60. The van der Waals surface area contributed by atoms with E-state index in [1.165, 1.54) is 12.1 Å². The van der Waals surface area contributed by atoms with Gasteiger partial charge in [-0.05, 0) is 24.3 Å². The molecule has 0 aliphatic rings. The molecule has 0 bridgehead atoms. The maximum Gasteiger partial charge on any atom is 0.416 e. The predicted molar refractivity (Wildman–Crippen MR) is 81.8 cm³/mol. The second-order valence-corrected chi connectivity index (χ2v) is 5.44. The summed E-state index contributed by atoms with van der Waals surface area (Å²) < 4.78 is 38.0. The van der Waals surface area contributed by atoms with E-state index >= 15 is 0 Å². The molecule has 2 aromatic rings. The zero-order chi connectivity index (χ0) is 17.2. The SMILES string of the molecule is O=C(NNc1cc(C(F)(F)F)cc(Cl)n1)c1c(Cl)cccc1Cl. The van der Waals surface area contributed by atoms with Gasteiger partial charge in [-0.1, -0.05) is 40.9 Å². The zero-order valence-corrected chi connectivity index (χ0v) is 13.3. The minimum Gasteiger partial charge on any atom is -0.282 e. The molecule has 2 rings (SSSR count). The molecular formula is C13H7Cl3F3N3O. The molecule has 0 fully saturated rings. The molecule has 0 unspecified atom stereocenters. The van der Waals surface area contributed by atoms with Crippen molar-refractivity contribution < 1.29 is 18.0 Å². The number of benzene rings is 1. The van der Waals surface area contributed by atoms with Crippen molar-refractivity contribution in [2.75, 3.05) is 5.43 Å². The molecule has 0 atom stereocenters. The van der Waals surface area contributed by atoms with Crippen LogP contribution in [0.4, 0.5) is 19.0 Å². The molecular weight excluding hydrogens is 378 g/mol. The lowest BCUT2D eigenvalue weighted by molar-refractivity contribution is -0.137. The summed E-state index contributed by atoms with van der Waals surface area (Å²) in [7, 11) is 0. The van der Waals surface area contributed by atoms with Crippen LogP contribution in [0.5, 0.6) is 0 Å². The van der Waals surface area contributed by atoms with Crippen molar-refractivity contribution in [1.29, 1.82) is 0 Å². The van der Waals surface area contributed by atoms with Gasteiger partial charge in [-0.2, -0.15) is 13.2 Å². The molecule has 0 aliphatic carbocycles. The largest absolute Gasteiger partial charge is 0.416 e. The molecule has 10 heteroatoms. The molecule has 0 spiro atoms. The lowest BCUT2D eigenvalue weighted by Crippen LogP contribution is -2.30. The van der Waals surface area contributed by atoms with Gasteiger partial charge in [-0.3, -0.25) is 15.6 Å². The first-order valence-corrected chi connectivity index (χ1v) is 7.07. The predicted octanol–water partition coefficient (Wildman–Crippen LogP) is 4.82. The highest BCUT2D eigenvalue weighted by Crippen LogP contribution is 2.31.